The Balaban J connectivity index is 1.52. The molecule has 1 aromatic rings. The van der Waals surface area contributed by atoms with E-state index in [2.05, 4.69) is 30.4 Å². The van der Waals surface area contributed by atoms with Crippen molar-refractivity contribution < 1.29 is 9.59 Å². The molecule has 2 fully saturated rings. The second kappa shape index (κ2) is 5.55. The maximum absolute atomic E-state index is 12.8. The Morgan fingerprint density at radius 2 is 2.17 bits per heavy atom. The van der Waals surface area contributed by atoms with Crippen molar-refractivity contribution in [2.24, 2.45) is 0 Å². The van der Waals surface area contributed by atoms with Crippen molar-refractivity contribution in [3.05, 3.63) is 35.4 Å². The highest BCUT2D eigenvalue weighted by molar-refractivity contribution is 8.01. The third kappa shape index (κ3) is 2.45. The molecule has 4 nitrogen and oxygen atoms in total. The lowest BCUT2D eigenvalue weighted by atomic mass is 9.87. The third-order valence-corrected chi connectivity index (χ3v) is 6.94. The number of benzene rings is 1. The molecule has 2 aliphatic heterocycles. The predicted molar refractivity (Wildman–Crippen MR) is 91.0 cm³/mol. The zero-order valence-corrected chi connectivity index (χ0v) is 14.2. The van der Waals surface area contributed by atoms with Gasteiger partial charge < -0.3 is 10.2 Å². The van der Waals surface area contributed by atoms with Gasteiger partial charge >= 0.3 is 0 Å². The van der Waals surface area contributed by atoms with Crippen LogP contribution >= 0.6 is 11.8 Å². The Labute approximate surface area is 141 Å². The average Bonchev–Trinajstić information content (AvgIpc) is 3.04. The molecule has 1 aromatic carbocycles. The summed E-state index contributed by atoms with van der Waals surface area (Å²) in [7, 11) is 0. The second-order valence-electron chi connectivity index (χ2n) is 6.92. The summed E-state index contributed by atoms with van der Waals surface area (Å²) in [6.07, 6.45) is 4.59. The van der Waals surface area contributed by atoms with E-state index in [1.165, 1.54) is 11.1 Å². The molecule has 4 rings (SSSR count). The molecule has 0 radical (unpaired) electrons. The zero-order valence-electron chi connectivity index (χ0n) is 13.4. The Hall–Kier alpha value is -1.49. The molecule has 1 aliphatic carbocycles. The Kier molecular flexibility index (Phi) is 3.63. The van der Waals surface area contributed by atoms with Gasteiger partial charge in [0.2, 0.25) is 11.8 Å². The number of nitrogens with one attached hydrogen (secondary N) is 1. The lowest BCUT2D eigenvalue weighted by molar-refractivity contribution is -0.138. The van der Waals surface area contributed by atoms with Gasteiger partial charge in [-0.1, -0.05) is 24.3 Å². The predicted octanol–water partition coefficient (Wildman–Crippen LogP) is 2.63. The average molecular weight is 330 g/mol. The summed E-state index contributed by atoms with van der Waals surface area (Å²) in [5, 5.41) is 3.22. The topological polar surface area (TPSA) is 49.4 Å². The van der Waals surface area contributed by atoms with E-state index in [1.54, 1.807) is 11.8 Å². The fourth-order valence-electron chi connectivity index (χ4n) is 4.19. The van der Waals surface area contributed by atoms with E-state index in [0.717, 1.165) is 25.7 Å². The molecular weight excluding hydrogens is 308 g/mol. The van der Waals surface area contributed by atoms with Crippen molar-refractivity contribution in [3.8, 4) is 0 Å². The number of hydrogen-bond acceptors (Lipinski definition) is 3. The molecule has 2 saturated heterocycles. The van der Waals surface area contributed by atoms with E-state index in [-0.39, 0.29) is 28.8 Å². The van der Waals surface area contributed by atoms with Gasteiger partial charge in [-0.15, -0.1) is 11.8 Å². The van der Waals surface area contributed by atoms with Crippen LogP contribution < -0.4 is 5.32 Å². The standard InChI is InChI=1S/C18H22N2O2S/c1-18-10-9-16(21)20(18)15(11-23-18)17(22)19-14-8-4-6-12-5-2-3-7-13(12)14/h2-3,5,7,14-15H,4,6,8-11H2,1H3,(H,19,22)/t14-,15+,18+/m1/s1. The molecule has 23 heavy (non-hydrogen) atoms. The molecule has 0 saturated carbocycles. The zero-order chi connectivity index (χ0) is 16.0. The summed E-state index contributed by atoms with van der Waals surface area (Å²) in [6, 6.07) is 8.14. The Morgan fingerprint density at radius 1 is 1.35 bits per heavy atom. The molecule has 5 heteroatoms. The van der Waals surface area contributed by atoms with Gasteiger partial charge in [-0.25, -0.2) is 0 Å². The van der Waals surface area contributed by atoms with Crippen LogP contribution in [0.15, 0.2) is 24.3 Å². The van der Waals surface area contributed by atoms with Gasteiger partial charge in [-0.05, 0) is 43.7 Å². The fourth-order valence-corrected chi connectivity index (χ4v) is 5.62. The van der Waals surface area contributed by atoms with Gasteiger partial charge in [0.1, 0.15) is 6.04 Å². The molecule has 1 N–H and O–H groups in total. The first-order chi connectivity index (χ1) is 11.1. The van der Waals surface area contributed by atoms with Crippen LogP contribution in [0.3, 0.4) is 0 Å². The molecule has 2 amide bonds. The van der Waals surface area contributed by atoms with Crippen molar-refractivity contribution in [2.75, 3.05) is 5.75 Å². The largest absolute Gasteiger partial charge is 0.347 e. The minimum atomic E-state index is -0.311. The van der Waals surface area contributed by atoms with Crippen LogP contribution in [0.25, 0.3) is 0 Å². The van der Waals surface area contributed by atoms with Crippen LogP contribution in [0.4, 0.5) is 0 Å². The van der Waals surface area contributed by atoms with Crippen LogP contribution in [0.2, 0.25) is 0 Å². The number of hydrogen-bond donors (Lipinski definition) is 1. The molecule has 0 spiro atoms. The van der Waals surface area contributed by atoms with Gasteiger partial charge in [0.05, 0.1) is 10.9 Å². The summed E-state index contributed by atoms with van der Waals surface area (Å²) in [5.74, 6) is 0.850. The number of thioether (sulfide) groups is 1. The van der Waals surface area contributed by atoms with Crippen molar-refractivity contribution >= 4 is 23.6 Å². The van der Waals surface area contributed by atoms with Gasteiger partial charge in [0.15, 0.2) is 0 Å². The first-order valence-electron chi connectivity index (χ1n) is 8.43. The molecule has 0 unspecified atom stereocenters. The summed E-state index contributed by atoms with van der Waals surface area (Å²) in [6.45, 7) is 2.09. The number of carbonyl (C=O) groups excluding carboxylic acids is 2. The molecule has 0 aromatic heterocycles. The van der Waals surface area contributed by atoms with Crippen molar-refractivity contribution in [1.29, 1.82) is 0 Å². The van der Waals surface area contributed by atoms with Crippen LogP contribution in [0.5, 0.6) is 0 Å². The number of carbonyl (C=O) groups is 2. The van der Waals surface area contributed by atoms with Gasteiger partial charge in [0.25, 0.3) is 0 Å². The molecule has 0 bridgehead atoms. The number of fused-ring (bicyclic) bond motifs is 2. The molecule has 3 aliphatic rings. The third-order valence-electron chi connectivity index (χ3n) is 5.43. The molecular formula is C18H22N2O2S. The summed E-state index contributed by atoms with van der Waals surface area (Å²) >= 11 is 1.75. The van der Waals surface area contributed by atoms with Crippen molar-refractivity contribution in [1.82, 2.24) is 10.2 Å². The second-order valence-corrected chi connectivity index (χ2v) is 8.42. The Bertz CT molecular complexity index is 662. The monoisotopic (exact) mass is 330 g/mol. The number of amides is 2. The van der Waals surface area contributed by atoms with Crippen LogP contribution in [0, 0.1) is 0 Å². The van der Waals surface area contributed by atoms with Crippen LogP contribution in [0.1, 0.15) is 49.8 Å². The Morgan fingerprint density at radius 3 is 3.04 bits per heavy atom. The van der Waals surface area contributed by atoms with E-state index in [0.29, 0.717) is 12.2 Å². The lowest BCUT2D eigenvalue weighted by Crippen LogP contribution is -2.50. The maximum atomic E-state index is 12.8. The number of rotatable bonds is 2. The minimum absolute atomic E-state index is 0.0122. The first kappa shape index (κ1) is 15.1. The molecule has 3 atom stereocenters. The summed E-state index contributed by atoms with van der Waals surface area (Å²) in [5.41, 5.74) is 2.58. The van der Waals surface area contributed by atoms with Crippen LogP contribution in [-0.4, -0.2) is 33.4 Å². The van der Waals surface area contributed by atoms with Crippen molar-refractivity contribution in [2.45, 2.75) is 56.0 Å². The van der Waals surface area contributed by atoms with E-state index < -0.39 is 0 Å². The van der Waals surface area contributed by atoms with Gasteiger partial charge in [-0.3, -0.25) is 9.59 Å². The van der Waals surface area contributed by atoms with E-state index in [1.807, 2.05) is 11.0 Å². The lowest BCUT2D eigenvalue weighted by Gasteiger charge is -2.32. The minimum Gasteiger partial charge on any atom is -0.347 e. The quantitative estimate of drug-likeness (QED) is 0.907. The fraction of sp³-hybridized carbons (Fsp3) is 0.556. The van der Waals surface area contributed by atoms with Gasteiger partial charge in [-0.2, -0.15) is 0 Å². The highest BCUT2D eigenvalue weighted by Gasteiger charge is 2.53. The SMILES string of the molecule is C[C@]12CCC(=O)N1[C@H](C(=O)N[C@@H]1CCCc3ccccc31)CS2. The molecule has 2 heterocycles. The first-order valence-corrected chi connectivity index (χ1v) is 9.41. The molecule has 122 valence electrons. The maximum Gasteiger partial charge on any atom is 0.244 e. The summed E-state index contributed by atoms with van der Waals surface area (Å²) in [4.78, 5) is 26.7. The normalized spacial score (nSPS) is 32.6. The number of aryl methyl sites for hydroxylation is 1. The van der Waals surface area contributed by atoms with Gasteiger partial charge in [0, 0.05) is 12.2 Å². The smallest absolute Gasteiger partial charge is 0.244 e. The van der Waals surface area contributed by atoms with E-state index in [4.69, 9.17) is 0 Å². The highest BCUT2D eigenvalue weighted by Crippen LogP contribution is 2.47. The number of nitrogens with zero attached hydrogens (tertiary/aromatic N) is 1. The van der Waals surface area contributed by atoms with E-state index in [9.17, 15) is 9.59 Å². The summed E-state index contributed by atoms with van der Waals surface area (Å²) < 4.78 is 0. The van der Waals surface area contributed by atoms with Crippen LogP contribution in [-0.2, 0) is 16.0 Å². The highest BCUT2D eigenvalue weighted by atomic mass is 32.2. The van der Waals surface area contributed by atoms with E-state index >= 15 is 0 Å². The van der Waals surface area contributed by atoms with Crippen molar-refractivity contribution in [3.63, 3.8) is 0 Å².